The van der Waals surface area contributed by atoms with Gasteiger partial charge in [-0.2, -0.15) is 5.10 Å². The Labute approximate surface area is 117 Å². The standard InChI is InChI=1S/C14H19N5O/c1-3-12-13(9-19(2)17-12)16-8-10-6-4-5-7-11(10)14(15)18-20/h4-7,9,16,20H,3,8H2,1-2H3,(H2,15,18). The summed E-state index contributed by atoms with van der Waals surface area (Å²) in [5, 5.41) is 19.6. The average molecular weight is 273 g/mol. The van der Waals surface area contributed by atoms with Crippen LogP contribution in [0.1, 0.15) is 23.7 Å². The molecule has 2 aromatic rings. The highest BCUT2D eigenvalue weighted by atomic mass is 16.4. The van der Waals surface area contributed by atoms with Crippen LogP contribution in [0.15, 0.2) is 35.6 Å². The van der Waals surface area contributed by atoms with E-state index < -0.39 is 0 Å². The van der Waals surface area contributed by atoms with Crippen molar-refractivity contribution in [3.05, 3.63) is 47.3 Å². The Bertz CT molecular complexity index is 618. The largest absolute Gasteiger partial charge is 0.409 e. The Balaban J connectivity index is 2.19. The number of hydrogen-bond acceptors (Lipinski definition) is 4. The summed E-state index contributed by atoms with van der Waals surface area (Å²) in [6.07, 6.45) is 2.82. The molecule has 0 aliphatic rings. The molecule has 0 amide bonds. The summed E-state index contributed by atoms with van der Waals surface area (Å²) in [6.45, 7) is 2.66. The van der Waals surface area contributed by atoms with Gasteiger partial charge in [-0.25, -0.2) is 0 Å². The topological polar surface area (TPSA) is 88.5 Å². The molecule has 1 heterocycles. The van der Waals surface area contributed by atoms with Crippen molar-refractivity contribution in [3.8, 4) is 0 Å². The van der Waals surface area contributed by atoms with Crippen LogP contribution in [0.2, 0.25) is 0 Å². The number of amidine groups is 1. The summed E-state index contributed by atoms with van der Waals surface area (Å²) in [5.74, 6) is 0.115. The van der Waals surface area contributed by atoms with Gasteiger partial charge in [0.1, 0.15) is 0 Å². The van der Waals surface area contributed by atoms with Gasteiger partial charge in [-0.3, -0.25) is 4.68 Å². The van der Waals surface area contributed by atoms with Crippen molar-refractivity contribution in [3.63, 3.8) is 0 Å². The van der Waals surface area contributed by atoms with Crippen molar-refractivity contribution in [2.45, 2.75) is 19.9 Å². The first-order valence-electron chi connectivity index (χ1n) is 6.48. The zero-order chi connectivity index (χ0) is 14.5. The number of hydrogen-bond donors (Lipinski definition) is 3. The molecule has 2 rings (SSSR count). The number of rotatable bonds is 5. The van der Waals surface area contributed by atoms with Gasteiger partial charge in [0.05, 0.1) is 11.4 Å². The van der Waals surface area contributed by atoms with Gasteiger partial charge in [-0.05, 0) is 12.0 Å². The third-order valence-corrected chi connectivity index (χ3v) is 3.11. The number of nitrogens with one attached hydrogen (secondary N) is 1. The van der Waals surface area contributed by atoms with Gasteiger partial charge in [-0.1, -0.05) is 36.3 Å². The molecule has 4 N–H and O–H groups in total. The smallest absolute Gasteiger partial charge is 0.170 e. The molecule has 1 aromatic carbocycles. The number of aryl methyl sites for hydroxylation is 2. The molecule has 0 saturated carbocycles. The third kappa shape index (κ3) is 2.90. The molecule has 6 nitrogen and oxygen atoms in total. The Hall–Kier alpha value is -2.50. The van der Waals surface area contributed by atoms with Crippen LogP contribution in [0.3, 0.4) is 0 Å². The van der Waals surface area contributed by atoms with Gasteiger partial charge in [0.25, 0.3) is 0 Å². The van der Waals surface area contributed by atoms with E-state index in [9.17, 15) is 0 Å². The second-order valence-corrected chi connectivity index (χ2v) is 4.51. The average Bonchev–Trinajstić information content (AvgIpc) is 2.84. The van der Waals surface area contributed by atoms with Crippen LogP contribution in [0.25, 0.3) is 0 Å². The molecule has 0 spiro atoms. The molecule has 0 unspecified atom stereocenters. The lowest BCUT2D eigenvalue weighted by molar-refractivity contribution is 0.318. The summed E-state index contributed by atoms with van der Waals surface area (Å²) in [4.78, 5) is 0. The maximum Gasteiger partial charge on any atom is 0.170 e. The molecule has 0 aliphatic heterocycles. The summed E-state index contributed by atoms with van der Waals surface area (Å²) in [5.41, 5.74) is 9.40. The van der Waals surface area contributed by atoms with Crippen molar-refractivity contribution in [2.75, 3.05) is 5.32 Å². The number of oxime groups is 1. The van der Waals surface area contributed by atoms with Crippen LogP contribution in [0.4, 0.5) is 5.69 Å². The van der Waals surface area contributed by atoms with E-state index in [-0.39, 0.29) is 5.84 Å². The van der Waals surface area contributed by atoms with Crippen LogP contribution in [0, 0.1) is 0 Å². The molecular weight excluding hydrogens is 254 g/mol. The zero-order valence-corrected chi connectivity index (χ0v) is 11.7. The van der Waals surface area contributed by atoms with E-state index in [4.69, 9.17) is 10.9 Å². The van der Waals surface area contributed by atoms with Crippen LogP contribution >= 0.6 is 0 Å². The molecule has 0 aliphatic carbocycles. The molecule has 6 heteroatoms. The molecule has 20 heavy (non-hydrogen) atoms. The van der Waals surface area contributed by atoms with Crippen LogP contribution < -0.4 is 11.1 Å². The minimum Gasteiger partial charge on any atom is -0.409 e. The zero-order valence-electron chi connectivity index (χ0n) is 11.7. The van der Waals surface area contributed by atoms with Gasteiger partial charge < -0.3 is 16.3 Å². The third-order valence-electron chi connectivity index (χ3n) is 3.11. The lowest BCUT2D eigenvalue weighted by Crippen LogP contribution is -2.16. The summed E-state index contributed by atoms with van der Waals surface area (Å²) < 4.78 is 1.79. The fraction of sp³-hybridized carbons (Fsp3) is 0.286. The van der Waals surface area contributed by atoms with Gasteiger partial charge in [-0.15, -0.1) is 0 Å². The molecule has 0 atom stereocenters. The quantitative estimate of drug-likeness (QED) is 0.335. The monoisotopic (exact) mass is 273 g/mol. The lowest BCUT2D eigenvalue weighted by atomic mass is 10.1. The van der Waals surface area contributed by atoms with Crippen molar-refractivity contribution >= 4 is 11.5 Å². The fourth-order valence-corrected chi connectivity index (χ4v) is 2.11. The van der Waals surface area contributed by atoms with Gasteiger partial charge in [0.2, 0.25) is 0 Å². The Morgan fingerprint density at radius 2 is 2.20 bits per heavy atom. The van der Waals surface area contributed by atoms with E-state index in [1.54, 1.807) is 4.68 Å². The maximum absolute atomic E-state index is 8.81. The molecule has 0 radical (unpaired) electrons. The minimum atomic E-state index is 0.115. The summed E-state index contributed by atoms with van der Waals surface area (Å²) in [6, 6.07) is 7.56. The predicted molar refractivity (Wildman–Crippen MR) is 78.9 cm³/mol. The van der Waals surface area contributed by atoms with Gasteiger partial charge >= 0.3 is 0 Å². The van der Waals surface area contributed by atoms with Gasteiger partial charge in [0.15, 0.2) is 5.84 Å². The second-order valence-electron chi connectivity index (χ2n) is 4.51. The SMILES string of the molecule is CCc1nn(C)cc1NCc1ccccc1/C(N)=N/O. The maximum atomic E-state index is 8.81. The fourth-order valence-electron chi connectivity index (χ4n) is 2.11. The van der Waals surface area contributed by atoms with E-state index >= 15 is 0 Å². The Kier molecular flexibility index (Phi) is 4.24. The first-order valence-corrected chi connectivity index (χ1v) is 6.48. The summed E-state index contributed by atoms with van der Waals surface area (Å²) in [7, 11) is 1.90. The van der Waals surface area contributed by atoms with Gasteiger partial charge in [0, 0.05) is 25.4 Å². The molecule has 106 valence electrons. The van der Waals surface area contributed by atoms with Crippen molar-refractivity contribution in [1.29, 1.82) is 0 Å². The highest BCUT2D eigenvalue weighted by Crippen LogP contribution is 2.16. The predicted octanol–water partition coefficient (Wildman–Crippen LogP) is 1.69. The molecule has 1 aromatic heterocycles. The first-order chi connectivity index (χ1) is 9.65. The number of benzene rings is 1. The molecule has 0 bridgehead atoms. The minimum absolute atomic E-state index is 0.115. The van der Waals surface area contributed by atoms with E-state index in [0.29, 0.717) is 6.54 Å². The van der Waals surface area contributed by atoms with Crippen LogP contribution in [0.5, 0.6) is 0 Å². The second kappa shape index (κ2) is 6.10. The molecule has 0 saturated heterocycles. The van der Waals surface area contributed by atoms with Crippen LogP contribution in [-0.4, -0.2) is 20.8 Å². The number of nitrogens with zero attached hydrogens (tertiary/aromatic N) is 3. The first kappa shape index (κ1) is 13.9. The lowest BCUT2D eigenvalue weighted by Gasteiger charge is -2.10. The Morgan fingerprint density at radius 1 is 1.45 bits per heavy atom. The highest BCUT2D eigenvalue weighted by Gasteiger charge is 2.09. The van der Waals surface area contributed by atoms with Crippen molar-refractivity contribution in [1.82, 2.24) is 9.78 Å². The number of aromatic nitrogens is 2. The van der Waals surface area contributed by atoms with E-state index in [1.165, 1.54) is 0 Å². The van der Waals surface area contributed by atoms with E-state index in [0.717, 1.165) is 28.9 Å². The molecule has 0 fully saturated rings. The van der Waals surface area contributed by atoms with E-state index in [2.05, 4.69) is 22.5 Å². The number of anilines is 1. The van der Waals surface area contributed by atoms with Crippen molar-refractivity contribution in [2.24, 2.45) is 17.9 Å². The highest BCUT2D eigenvalue weighted by molar-refractivity contribution is 5.98. The molecular formula is C14H19N5O. The number of nitrogens with two attached hydrogens (primary N) is 1. The van der Waals surface area contributed by atoms with E-state index in [1.807, 2.05) is 37.5 Å². The normalized spacial score (nSPS) is 11.6. The van der Waals surface area contributed by atoms with Crippen molar-refractivity contribution < 1.29 is 5.21 Å². The van der Waals surface area contributed by atoms with Crippen LogP contribution in [-0.2, 0) is 20.0 Å². The Morgan fingerprint density at radius 3 is 2.90 bits per heavy atom. The summed E-state index contributed by atoms with van der Waals surface area (Å²) >= 11 is 0.